The molecular weight excluding hydrogens is 298 g/mol. The molecule has 126 valence electrons. The number of hydrogen-bond acceptors (Lipinski definition) is 2. The highest BCUT2D eigenvalue weighted by molar-refractivity contribution is 5.73. The lowest BCUT2D eigenvalue weighted by atomic mass is 9.92. The van der Waals surface area contributed by atoms with Crippen LogP contribution in [0.1, 0.15) is 24.0 Å². The second kappa shape index (κ2) is 8.11. The summed E-state index contributed by atoms with van der Waals surface area (Å²) in [6.07, 6.45) is 3.73. The molecule has 1 aliphatic rings. The van der Waals surface area contributed by atoms with Gasteiger partial charge in [0.1, 0.15) is 6.04 Å². The molecule has 24 heavy (non-hydrogen) atoms. The van der Waals surface area contributed by atoms with Gasteiger partial charge in [0.25, 0.3) is 0 Å². The molecule has 0 bridgehead atoms. The lowest BCUT2D eigenvalue weighted by Crippen LogP contribution is -2.40. The van der Waals surface area contributed by atoms with E-state index in [1.54, 1.807) is 0 Å². The van der Waals surface area contributed by atoms with Crippen LogP contribution in [0.5, 0.6) is 0 Å². The molecule has 3 nitrogen and oxygen atoms in total. The van der Waals surface area contributed by atoms with Crippen molar-refractivity contribution >= 4 is 5.97 Å². The standard InChI is InChI=1S/C21H25NO2/c23-21(24)20-12-7-13-22(20)16-19(14-17-8-3-1-4-9-17)15-18-10-5-2-6-11-18/h1-6,8-11,19-20H,7,12-16H2,(H,23,24)/t20-/m0/s1. The third kappa shape index (κ3) is 4.45. The van der Waals surface area contributed by atoms with E-state index in [1.807, 2.05) is 12.1 Å². The lowest BCUT2D eigenvalue weighted by molar-refractivity contribution is -0.142. The van der Waals surface area contributed by atoms with Gasteiger partial charge in [-0.3, -0.25) is 9.69 Å². The fourth-order valence-electron chi connectivity index (χ4n) is 3.75. The Hall–Kier alpha value is -2.13. The van der Waals surface area contributed by atoms with E-state index < -0.39 is 5.97 Å². The van der Waals surface area contributed by atoms with Gasteiger partial charge in [-0.15, -0.1) is 0 Å². The molecule has 0 spiro atoms. The Morgan fingerprint density at radius 1 is 1.00 bits per heavy atom. The lowest BCUT2D eigenvalue weighted by Gasteiger charge is -2.27. The molecule has 1 atom stereocenters. The molecule has 1 saturated heterocycles. The molecule has 0 aromatic heterocycles. The number of carboxylic acid groups (broad SMARTS) is 1. The van der Waals surface area contributed by atoms with Gasteiger partial charge in [0, 0.05) is 6.54 Å². The Labute approximate surface area is 143 Å². The molecule has 1 N–H and O–H groups in total. The molecule has 0 unspecified atom stereocenters. The monoisotopic (exact) mass is 323 g/mol. The predicted molar refractivity (Wildman–Crippen MR) is 96.0 cm³/mol. The molecule has 1 heterocycles. The van der Waals surface area contributed by atoms with E-state index in [1.165, 1.54) is 11.1 Å². The minimum Gasteiger partial charge on any atom is -0.480 e. The zero-order valence-corrected chi connectivity index (χ0v) is 14.0. The van der Waals surface area contributed by atoms with Gasteiger partial charge in [-0.25, -0.2) is 0 Å². The zero-order chi connectivity index (χ0) is 16.8. The Morgan fingerprint density at radius 2 is 1.54 bits per heavy atom. The van der Waals surface area contributed by atoms with Crippen molar-refractivity contribution in [3.05, 3.63) is 71.8 Å². The van der Waals surface area contributed by atoms with Crippen LogP contribution in [0, 0.1) is 5.92 Å². The van der Waals surface area contributed by atoms with E-state index in [0.29, 0.717) is 5.92 Å². The van der Waals surface area contributed by atoms with Crippen LogP contribution in [0.4, 0.5) is 0 Å². The number of aliphatic carboxylic acids is 1. The van der Waals surface area contributed by atoms with E-state index in [2.05, 4.69) is 53.4 Å². The Kier molecular flexibility index (Phi) is 5.65. The van der Waals surface area contributed by atoms with Crippen molar-refractivity contribution in [3.63, 3.8) is 0 Å². The van der Waals surface area contributed by atoms with Crippen molar-refractivity contribution in [2.24, 2.45) is 5.92 Å². The largest absolute Gasteiger partial charge is 0.480 e. The van der Waals surface area contributed by atoms with Crippen molar-refractivity contribution in [3.8, 4) is 0 Å². The SMILES string of the molecule is O=C(O)[C@@H]1CCCN1CC(Cc1ccccc1)Cc1ccccc1. The second-order valence-electron chi connectivity index (χ2n) is 6.74. The van der Waals surface area contributed by atoms with Crippen LogP contribution in [0.25, 0.3) is 0 Å². The first kappa shape index (κ1) is 16.7. The number of benzene rings is 2. The predicted octanol–water partition coefficient (Wildman–Crippen LogP) is 3.64. The minimum absolute atomic E-state index is 0.306. The van der Waals surface area contributed by atoms with Gasteiger partial charge in [-0.2, -0.15) is 0 Å². The molecule has 0 radical (unpaired) electrons. The van der Waals surface area contributed by atoms with Crippen LogP contribution in [0.3, 0.4) is 0 Å². The smallest absolute Gasteiger partial charge is 0.320 e. The maximum absolute atomic E-state index is 11.5. The number of nitrogens with zero attached hydrogens (tertiary/aromatic N) is 1. The normalized spacial score (nSPS) is 18.1. The topological polar surface area (TPSA) is 40.5 Å². The summed E-state index contributed by atoms with van der Waals surface area (Å²) in [5, 5.41) is 9.43. The second-order valence-corrected chi connectivity index (χ2v) is 6.74. The third-order valence-electron chi connectivity index (χ3n) is 4.88. The van der Waals surface area contributed by atoms with Crippen molar-refractivity contribution in [2.75, 3.05) is 13.1 Å². The fraction of sp³-hybridized carbons (Fsp3) is 0.381. The summed E-state index contributed by atoms with van der Waals surface area (Å²) in [5.41, 5.74) is 2.65. The number of carbonyl (C=O) groups is 1. The van der Waals surface area contributed by atoms with Crippen LogP contribution in [0.15, 0.2) is 60.7 Å². The molecule has 1 fully saturated rings. The molecule has 3 rings (SSSR count). The highest BCUT2D eigenvalue weighted by Crippen LogP contribution is 2.23. The minimum atomic E-state index is -0.675. The average Bonchev–Trinajstić information content (AvgIpc) is 3.05. The Morgan fingerprint density at radius 3 is 2.04 bits per heavy atom. The Bertz CT molecular complexity index is 600. The summed E-state index contributed by atoms with van der Waals surface area (Å²) >= 11 is 0. The molecule has 0 aliphatic carbocycles. The molecule has 0 amide bonds. The van der Waals surface area contributed by atoms with E-state index in [9.17, 15) is 9.90 Å². The van der Waals surface area contributed by atoms with Crippen LogP contribution >= 0.6 is 0 Å². The average molecular weight is 323 g/mol. The summed E-state index contributed by atoms with van der Waals surface area (Å²) in [7, 11) is 0. The van der Waals surface area contributed by atoms with Crippen molar-refractivity contribution in [1.82, 2.24) is 4.90 Å². The van der Waals surface area contributed by atoms with Crippen molar-refractivity contribution < 1.29 is 9.90 Å². The number of rotatable bonds is 7. The first-order valence-electron chi connectivity index (χ1n) is 8.77. The number of carboxylic acids is 1. The van der Waals surface area contributed by atoms with E-state index >= 15 is 0 Å². The maximum Gasteiger partial charge on any atom is 0.320 e. The maximum atomic E-state index is 11.5. The van der Waals surface area contributed by atoms with Gasteiger partial charge in [0.15, 0.2) is 0 Å². The molecule has 2 aromatic carbocycles. The molecule has 1 aliphatic heterocycles. The van der Waals surface area contributed by atoms with Crippen molar-refractivity contribution in [1.29, 1.82) is 0 Å². The van der Waals surface area contributed by atoms with Gasteiger partial charge in [-0.1, -0.05) is 60.7 Å². The summed E-state index contributed by atoms with van der Waals surface area (Å²) in [6, 6.07) is 20.7. The highest BCUT2D eigenvalue weighted by atomic mass is 16.4. The van der Waals surface area contributed by atoms with Crippen LogP contribution in [-0.2, 0) is 17.6 Å². The van der Waals surface area contributed by atoms with Gasteiger partial charge < -0.3 is 5.11 Å². The fourth-order valence-corrected chi connectivity index (χ4v) is 3.75. The Balaban J connectivity index is 1.72. The van der Waals surface area contributed by atoms with Gasteiger partial charge in [-0.05, 0) is 49.3 Å². The van der Waals surface area contributed by atoms with E-state index in [0.717, 1.165) is 38.8 Å². The summed E-state index contributed by atoms with van der Waals surface area (Å²) in [4.78, 5) is 13.6. The van der Waals surface area contributed by atoms with Crippen LogP contribution in [-0.4, -0.2) is 35.1 Å². The first-order chi connectivity index (χ1) is 11.7. The van der Waals surface area contributed by atoms with Crippen LogP contribution in [0.2, 0.25) is 0 Å². The van der Waals surface area contributed by atoms with Gasteiger partial charge in [0.05, 0.1) is 0 Å². The third-order valence-corrected chi connectivity index (χ3v) is 4.88. The quantitative estimate of drug-likeness (QED) is 0.846. The number of hydrogen-bond donors (Lipinski definition) is 1. The molecule has 2 aromatic rings. The van der Waals surface area contributed by atoms with Gasteiger partial charge in [0.2, 0.25) is 0 Å². The first-order valence-corrected chi connectivity index (χ1v) is 8.77. The number of likely N-dealkylation sites (tertiary alicyclic amines) is 1. The van der Waals surface area contributed by atoms with E-state index in [4.69, 9.17) is 0 Å². The van der Waals surface area contributed by atoms with Crippen LogP contribution < -0.4 is 0 Å². The van der Waals surface area contributed by atoms with Gasteiger partial charge >= 0.3 is 5.97 Å². The van der Waals surface area contributed by atoms with Crippen molar-refractivity contribution in [2.45, 2.75) is 31.7 Å². The molecular formula is C21H25NO2. The van der Waals surface area contributed by atoms with E-state index in [-0.39, 0.29) is 6.04 Å². The highest BCUT2D eigenvalue weighted by Gasteiger charge is 2.31. The zero-order valence-electron chi connectivity index (χ0n) is 14.0. The summed E-state index contributed by atoms with van der Waals surface area (Å²) < 4.78 is 0. The summed E-state index contributed by atoms with van der Waals surface area (Å²) in [5.74, 6) is -0.250. The molecule has 3 heteroatoms. The summed E-state index contributed by atoms with van der Waals surface area (Å²) in [6.45, 7) is 1.75. The molecule has 0 saturated carbocycles.